The number of benzene rings is 1. The molecule has 1 N–H and O–H groups in total. The summed E-state index contributed by atoms with van der Waals surface area (Å²) in [4.78, 5) is 19.1. The molecule has 0 radical (unpaired) electrons. The molecule has 128 valence electrons. The second-order valence-electron chi connectivity index (χ2n) is 6.66. The fourth-order valence-corrected chi connectivity index (χ4v) is 3.15. The van der Waals surface area contributed by atoms with Crippen LogP contribution < -0.4 is 5.32 Å². The molecule has 0 aliphatic carbocycles. The molecule has 2 heterocycles. The Morgan fingerprint density at radius 1 is 1.33 bits per heavy atom. The topological polar surface area (TPSA) is 63.1 Å². The lowest BCUT2D eigenvalue weighted by Gasteiger charge is -2.33. The van der Waals surface area contributed by atoms with Crippen LogP contribution in [0.1, 0.15) is 48.7 Å². The third-order valence-electron chi connectivity index (χ3n) is 4.51. The second kappa shape index (κ2) is 6.73. The summed E-state index contributed by atoms with van der Waals surface area (Å²) < 4.78 is 1.79. The van der Waals surface area contributed by atoms with Gasteiger partial charge in [0, 0.05) is 25.7 Å². The highest BCUT2D eigenvalue weighted by Gasteiger charge is 2.27. The van der Waals surface area contributed by atoms with Crippen molar-refractivity contribution in [1.82, 2.24) is 25.0 Å². The summed E-state index contributed by atoms with van der Waals surface area (Å²) in [5.41, 5.74) is 2.19. The van der Waals surface area contributed by atoms with Gasteiger partial charge in [0.2, 0.25) is 5.82 Å². The van der Waals surface area contributed by atoms with Crippen molar-refractivity contribution >= 4 is 5.91 Å². The van der Waals surface area contributed by atoms with E-state index in [4.69, 9.17) is 0 Å². The van der Waals surface area contributed by atoms with Crippen LogP contribution in [0.5, 0.6) is 0 Å². The lowest BCUT2D eigenvalue weighted by Crippen LogP contribution is -2.52. The van der Waals surface area contributed by atoms with E-state index in [1.807, 2.05) is 36.9 Å². The van der Waals surface area contributed by atoms with Crippen molar-refractivity contribution in [2.45, 2.75) is 39.7 Å². The number of nitrogens with one attached hydrogen (secondary N) is 1. The molecule has 24 heavy (non-hydrogen) atoms. The number of aryl methyl sites for hydroxylation is 1. The predicted octanol–water partition coefficient (Wildman–Crippen LogP) is 2.13. The molecule has 1 aliphatic rings. The molecule has 6 nitrogen and oxygen atoms in total. The van der Waals surface area contributed by atoms with Crippen molar-refractivity contribution in [2.75, 3.05) is 19.6 Å². The molecule has 6 heteroatoms. The number of carbonyl (C=O) groups excluding carboxylic acids is 1. The summed E-state index contributed by atoms with van der Waals surface area (Å²) in [6, 6.07) is 8.29. The monoisotopic (exact) mass is 327 g/mol. The van der Waals surface area contributed by atoms with Crippen molar-refractivity contribution < 1.29 is 4.79 Å². The number of amides is 1. The number of para-hydroxylation sites is 1. The molecule has 1 amide bonds. The van der Waals surface area contributed by atoms with Gasteiger partial charge in [0.1, 0.15) is 5.82 Å². The molecule has 2 aromatic rings. The highest BCUT2D eigenvalue weighted by atomic mass is 16.2. The average molecular weight is 327 g/mol. The zero-order valence-electron chi connectivity index (χ0n) is 14.8. The Morgan fingerprint density at radius 2 is 2.08 bits per heavy atom. The molecular formula is C18H25N5O. The minimum Gasteiger partial charge on any atom is -0.331 e. The average Bonchev–Trinajstić information content (AvgIpc) is 2.96. The normalized spacial score (nSPS) is 18.2. The molecular weight excluding hydrogens is 302 g/mol. The van der Waals surface area contributed by atoms with Crippen molar-refractivity contribution in [1.29, 1.82) is 0 Å². The van der Waals surface area contributed by atoms with Crippen LogP contribution in [0, 0.1) is 6.92 Å². The molecule has 1 aromatic heterocycles. The maximum Gasteiger partial charge on any atom is 0.293 e. The first-order chi connectivity index (χ1) is 11.5. The largest absolute Gasteiger partial charge is 0.331 e. The van der Waals surface area contributed by atoms with E-state index in [0.717, 1.165) is 24.6 Å². The summed E-state index contributed by atoms with van der Waals surface area (Å²) >= 11 is 0. The molecule has 1 fully saturated rings. The van der Waals surface area contributed by atoms with Crippen LogP contribution >= 0.6 is 0 Å². The van der Waals surface area contributed by atoms with Gasteiger partial charge in [-0.15, -0.1) is 5.10 Å². The van der Waals surface area contributed by atoms with Crippen molar-refractivity contribution in [3.8, 4) is 5.69 Å². The van der Waals surface area contributed by atoms with E-state index in [-0.39, 0.29) is 17.8 Å². The van der Waals surface area contributed by atoms with Gasteiger partial charge in [-0.05, 0) is 31.4 Å². The second-order valence-corrected chi connectivity index (χ2v) is 6.66. The highest BCUT2D eigenvalue weighted by molar-refractivity contribution is 5.90. The number of hydrogen-bond donors (Lipinski definition) is 1. The third-order valence-corrected chi connectivity index (χ3v) is 4.51. The van der Waals surface area contributed by atoms with Crippen LogP contribution in [-0.2, 0) is 0 Å². The Labute approximate surface area is 142 Å². The lowest BCUT2D eigenvalue weighted by molar-refractivity contribution is 0.0643. The van der Waals surface area contributed by atoms with Gasteiger partial charge >= 0.3 is 0 Å². The zero-order chi connectivity index (χ0) is 17.3. The van der Waals surface area contributed by atoms with Gasteiger partial charge in [0.25, 0.3) is 5.91 Å². The summed E-state index contributed by atoms with van der Waals surface area (Å²) in [5.74, 6) is 1.29. The van der Waals surface area contributed by atoms with Gasteiger partial charge in [-0.25, -0.2) is 9.67 Å². The summed E-state index contributed by atoms with van der Waals surface area (Å²) in [6.07, 6.45) is 0. The number of hydrogen-bond acceptors (Lipinski definition) is 4. The van der Waals surface area contributed by atoms with Gasteiger partial charge in [-0.2, -0.15) is 0 Å². The Bertz CT molecular complexity index is 737. The molecule has 1 aromatic carbocycles. The van der Waals surface area contributed by atoms with E-state index in [1.54, 1.807) is 4.68 Å². The van der Waals surface area contributed by atoms with Gasteiger partial charge in [0.05, 0.1) is 5.69 Å². The number of rotatable bonds is 3. The zero-order valence-corrected chi connectivity index (χ0v) is 14.8. The summed E-state index contributed by atoms with van der Waals surface area (Å²) in [6.45, 7) is 10.5. The van der Waals surface area contributed by atoms with Crippen LogP contribution in [0.25, 0.3) is 5.69 Å². The minimum absolute atomic E-state index is 0.0899. The van der Waals surface area contributed by atoms with Crippen LogP contribution in [0.4, 0.5) is 0 Å². The minimum atomic E-state index is -0.0899. The number of nitrogens with zero attached hydrogens (tertiary/aromatic N) is 4. The Kier molecular flexibility index (Phi) is 4.66. The Morgan fingerprint density at radius 3 is 2.79 bits per heavy atom. The van der Waals surface area contributed by atoms with E-state index in [2.05, 4.69) is 35.3 Å². The Hall–Kier alpha value is -2.21. The van der Waals surface area contributed by atoms with Gasteiger partial charge in [0.15, 0.2) is 0 Å². The molecule has 0 saturated carbocycles. The molecule has 0 unspecified atom stereocenters. The summed E-state index contributed by atoms with van der Waals surface area (Å²) in [5, 5.41) is 7.82. The van der Waals surface area contributed by atoms with Crippen LogP contribution in [0.2, 0.25) is 0 Å². The highest BCUT2D eigenvalue weighted by Crippen LogP contribution is 2.23. The molecule has 1 aliphatic heterocycles. The predicted molar refractivity (Wildman–Crippen MR) is 93.6 cm³/mol. The molecule has 0 spiro atoms. The van der Waals surface area contributed by atoms with Crippen LogP contribution in [0.15, 0.2) is 24.3 Å². The van der Waals surface area contributed by atoms with Crippen LogP contribution in [-0.4, -0.2) is 51.2 Å². The van der Waals surface area contributed by atoms with Crippen molar-refractivity contribution in [2.24, 2.45) is 0 Å². The third kappa shape index (κ3) is 3.06. The maximum atomic E-state index is 12.8. The van der Waals surface area contributed by atoms with Crippen molar-refractivity contribution in [3.05, 3.63) is 41.5 Å². The quantitative estimate of drug-likeness (QED) is 0.938. The van der Waals surface area contributed by atoms with Crippen molar-refractivity contribution in [3.63, 3.8) is 0 Å². The van der Waals surface area contributed by atoms with Gasteiger partial charge in [-0.1, -0.05) is 32.0 Å². The van der Waals surface area contributed by atoms with Crippen LogP contribution in [0.3, 0.4) is 0 Å². The van der Waals surface area contributed by atoms with E-state index in [1.165, 1.54) is 5.56 Å². The number of aromatic nitrogens is 3. The van der Waals surface area contributed by atoms with E-state index in [9.17, 15) is 4.79 Å². The summed E-state index contributed by atoms with van der Waals surface area (Å²) in [7, 11) is 0. The van der Waals surface area contributed by atoms with E-state index < -0.39 is 0 Å². The number of carbonyl (C=O) groups is 1. The van der Waals surface area contributed by atoms with E-state index in [0.29, 0.717) is 12.5 Å². The smallest absolute Gasteiger partial charge is 0.293 e. The molecule has 0 bridgehead atoms. The first-order valence-electron chi connectivity index (χ1n) is 8.53. The molecule has 1 atom stereocenters. The molecule has 3 rings (SSSR count). The first kappa shape index (κ1) is 16.6. The molecule has 1 saturated heterocycles. The SMILES string of the molecule is Cc1nc(C(=O)N2CCNC[C@H]2C)nn1-c1ccccc1C(C)C. The van der Waals surface area contributed by atoms with Gasteiger partial charge in [-0.3, -0.25) is 4.79 Å². The van der Waals surface area contributed by atoms with Gasteiger partial charge < -0.3 is 10.2 Å². The standard InChI is InChI=1S/C18H25N5O/c1-12(2)15-7-5-6-8-16(15)23-14(4)20-17(21-23)18(24)22-10-9-19-11-13(22)3/h5-8,12-13,19H,9-11H2,1-4H3/t13-/m1/s1. The maximum absolute atomic E-state index is 12.8. The fraction of sp³-hybridized carbons (Fsp3) is 0.500. The fourth-order valence-electron chi connectivity index (χ4n) is 3.15. The Balaban J connectivity index is 1.95. The first-order valence-corrected chi connectivity index (χ1v) is 8.53. The van der Waals surface area contributed by atoms with E-state index >= 15 is 0 Å². The number of piperazine rings is 1. The lowest BCUT2D eigenvalue weighted by atomic mass is 10.0.